The minimum absolute atomic E-state index is 0.137. The monoisotopic (exact) mass is 284 g/mol. The molecule has 0 saturated carbocycles. The lowest BCUT2D eigenvalue weighted by Crippen LogP contribution is -2.19. The highest BCUT2D eigenvalue weighted by molar-refractivity contribution is 5.57. The van der Waals surface area contributed by atoms with Crippen LogP contribution in [0.25, 0.3) is 0 Å². The molecule has 2 aromatic rings. The predicted molar refractivity (Wildman–Crippen MR) is 86.3 cm³/mol. The molecule has 3 heteroatoms. The summed E-state index contributed by atoms with van der Waals surface area (Å²) in [6, 6.07) is 15.8. The minimum atomic E-state index is -0.137. The lowest BCUT2D eigenvalue weighted by molar-refractivity contribution is 0.623. The number of nitrogens with zero attached hydrogens (tertiary/aromatic N) is 1. The van der Waals surface area contributed by atoms with Gasteiger partial charge >= 0.3 is 0 Å². The maximum absolute atomic E-state index is 14.3. The molecule has 21 heavy (non-hydrogen) atoms. The van der Waals surface area contributed by atoms with Crippen LogP contribution in [-0.2, 0) is 0 Å². The van der Waals surface area contributed by atoms with E-state index < -0.39 is 0 Å². The molecule has 1 fully saturated rings. The number of nitrogens with one attached hydrogen (secondary N) is 1. The van der Waals surface area contributed by atoms with Crippen LogP contribution < -0.4 is 10.2 Å². The molecule has 0 bridgehead atoms. The summed E-state index contributed by atoms with van der Waals surface area (Å²) in [5.74, 6) is -0.137. The highest BCUT2D eigenvalue weighted by Crippen LogP contribution is 2.27. The van der Waals surface area contributed by atoms with E-state index in [2.05, 4.69) is 29.3 Å². The molecular formula is C18H21FN2. The van der Waals surface area contributed by atoms with Gasteiger partial charge in [-0.05, 0) is 43.5 Å². The molecule has 110 valence electrons. The van der Waals surface area contributed by atoms with E-state index in [1.165, 1.54) is 5.56 Å². The summed E-state index contributed by atoms with van der Waals surface area (Å²) < 4.78 is 14.3. The van der Waals surface area contributed by atoms with Gasteiger partial charge in [-0.3, -0.25) is 0 Å². The van der Waals surface area contributed by atoms with E-state index in [1.54, 1.807) is 6.07 Å². The van der Waals surface area contributed by atoms with Gasteiger partial charge in [-0.1, -0.05) is 30.3 Å². The minimum Gasteiger partial charge on any atom is -0.378 e. The van der Waals surface area contributed by atoms with Crippen molar-refractivity contribution in [3.05, 3.63) is 59.9 Å². The lowest BCUT2D eigenvalue weighted by Gasteiger charge is -2.20. The number of halogens is 1. The number of benzene rings is 2. The molecule has 0 radical (unpaired) electrons. The maximum atomic E-state index is 14.3. The highest BCUT2D eigenvalue weighted by Gasteiger charge is 2.16. The third-order valence-electron chi connectivity index (χ3n) is 4.08. The molecule has 1 saturated heterocycles. The van der Waals surface area contributed by atoms with Crippen LogP contribution in [-0.4, -0.2) is 13.1 Å². The smallest absolute Gasteiger partial charge is 0.148 e. The van der Waals surface area contributed by atoms with Crippen molar-refractivity contribution in [2.24, 2.45) is 0 Å². The Balaban J connectivity index is 1.73. The van der Waals surface area contributed by atoms with Crippen LogP contribution in [0.3, 0.4) is 0 Å². The molecule has 3 rings (SSSR count). The van der Waals surface area contributed by atoms with Crippen molar-refractivity contribution < 1.29 is 4.39 Å². The van der Waals surface area contributed by atoms with E-state index in [1.807, 2.05) is 30.3 Å². The van der Waals surface area contributed by atoms with Crippen LogP contribution in [0.1, 0.15) is 31.4 Å². The second kappa shape index (κ2) is 6.17. The second-order valence-corrected chi connectivity index (χ2v) is 5.64. The zero-order valence-electron chi connectivity index (χ0n) is 12.3. The van der Waals surface area contributed by atoms with Crippen molar-refractivity contribution in [3.8, 4) is 0 Å². The summed E-state index contributed by atoms with van der Waals surface area (Å²) in [6.07, 6.45) is 2.31. The third-order valence-corrected chi connectivity index (χ3v) is 4.08. The van der Waals surface area contributed by atoms with Crippen LogP contribution in [0.4, 0.5) is 15.8 Å². The average Bonchev–Trinajstić information content (AvgIpc) is 3.02. The molecule has 1 aliphatic heterocycles. The Morgan fingerprint density at radius 2 is 1.76 bits per heavy atom. The summed E-state index contributed by atoms with van der Waals surface area (Å²) in [5.41, 5.74) is 2.75. The highest BCUT2D eigenvalue weighted by atomic mass is 19.1. The standard InChI is InChI=1S/C18H21FN2/c1-14(15-7-3-2-4-8-15)20-16-9-10-18(17(19)13-16)21-11-5-6-12-21/h2-4,7-10,13-14,20H,5-6,11-12H2,1H3. The molecule has 0 aromatic heterocycles. The quantitative estimate of drug-likeness (QED) is 0.882. The van der Waals surface area contributed by atoms with Gasteiger partial charge in [0.25, 0.3) is 0 Å². The third kappa shape index (κ3) is 3.18. The SMILES string of the molecule is CC(Nc1ccc(N2CCCC2)c(F)c1)c1ccccc1. The first-order valence-electron chi connectivity index (χ1n) is 7.60. The van der Waals surface area contributed by atoms with Crippen molar-refractivity contribution in [1.82, 2.24) is 0 Å². The van der Waals surface area contributed by atoms with Crippen LogP contribution in [0.15, 0.2) is 48.5 Å². The molecule has 1 atom stereocenters. The van der Waals surface area contributed by atoms with Crippen LogP contribution in [0.2, 0.25) is 0 Å². The number of anilines is 2. The Morgan fingerprint density at radius 3 is 2.43 bits per heavy atom. The molecule has 0 amide bonds. The first kappa shape index (κ1) is 13.9. The fraction of sp³-hybridized carbons (Fsp3) is 0.333. The molecule has 1 N–H and O–H groups in total. The van der Waals surface area contributed by atoms with Crippen LogP contribution in [0, 0.1) is 5.82 Å². The first-order valence-corrected chi connectivity index (χ1v) is 7.60. The lowest BCUT2D eigenvalue weighted by atomic mass is 10.1. The van der Waals surface area contributed by atoms with E-state index in [9.17, 15) is 4.39 Å². The second-order valence-electron chi connectivity index (χ2n) is 5.64. The Kier molecular flexibility index (Phi) is 4.09. The Labute approximate surface area is 125 Å². The zero-order valence-corrected chi connectivity index (χ0v) is 12.3. The number of rotatable bonds is 4. The summed E-state index contributed by atoms with van der Waals surface area (Å²) in [7, 11) is 0. The fourth-order valence-corrected chi connectivity index (χ4v) is 2.89. The molecular weight excluding hydrogens is 263 g/mol. The molecule has 1 heterocycles. The van der Waals surface area contributed by atoms with E-state index in [0.717, 1.165) is 37.3 Å². The summed E-state index contributed by atoms with van der Waals surface area (Å²) in [6.45, 7) is 4.01. The van der Waals surface area contributed by atoms with Gasteiger partial charge in [0.15, 0.2) is 0 Å². The molecule has 2 aromatic carbocycles. The van der Waals surface area contributed by atoms with E-state index in [-0.39, 0.29) is 11.9 Å². The Morgan fingerprint density at radius 1 is 1.05 bits per heavy atom. The predicted octanol–water partition coefficient (Wildman–Crippen LogP) is 4.60. The Bertz CT molecular complexity index is 591. The van der Waals surface area contributed by atoms with Gasteiger partial charge in [0, 0.05) is 24.8 Å². The maximum Gasteiger partial charge on any atom is 0.148 e. The number of hydrogen-bond acceptors (Lipinski definition) is 2. The zero-order chi connectivity index (χ0) is 14.7. The van der Waals surface area contributed by atoms with Gasteiger partial charge in [-0.25, -0.2) is 4.39 Å². The molecule has 2 nitrogen and oxygen atoms in total. The molecule has 1 unspecified atom stereocenters. The summed E-state index contributed by atoms with van der Waals surface area (Å²) >= 11 is 0. The average molecular weight is 284 g/mol. The molecule has 0 aliphatic carbocycles. The van der Waals surface area contributed by atoms with Gasteiger partial charge < -0.3 is 10.2 Å². The van der Waals surface area contributed by atoms with Crippen LogP contribution >= 0.6 is 0 Å². The molecule has 1 aliphatic rings. The first-order chi connectivity index (χ1) is 10.2. The van der Waals surface area contributed by atoms with Crippen molar-refractivity contribution in [2.45, 2.75) is 25.8 Å². The van der Waals surface area contributed by atoms with Gasteiger partial charge in [0.2, 0.25) is 0 Å². The van der Waals surface area contributed by atoms with Crippen LogP contribution in [0.5, 0.6) is 0 Å². The van der Waals surface area contributed by atoms with Gasteiger partial charge in [-0.15, -0.1) is 0 Å². The topological polar surface area (TPSA) is 15.3 Å². The van der Waals surface area contributed by atoms with Gasteiger partial charge in [0.05, 0.1) is 5.69 Å². The normalized spacial score (nSPS) is 16.0. The molecule has 0 spiro atoms. The summed E-state index contributed by atoms with van der Waals surface area (Å²) in [5, 5.41) is 3.36. The summed E-state index contributed by atoms with van der Waals surface area (Å²) in [4.78, 5) is 2.12. The fourth-order valence-electron chi connectivity index (χ4n) is 2.89. The largest absolute Gasteiger partial charge is 0.378 e. The van der Waals surface area contributed by atoms with Gasteiger partial charge in [-0.2, -0.15) is 0 Å². The van der Waals surface area contributed by atoms with E-state index in [4.69, 9.17) is 0 Å². The van der Waals surface area contributed by atoms with Crippen molar-refractivity contribution in [2.75, 3.05) is 23.3 Å². The van der Waals surface area contributed by atoms with Crippen molar-refractivity contribution in [1.29, 1.82) is 0 Å². The van der Waals surface area contributed by atoms with Gasteiger partial charge in [0.1, 0.15) is 5.82 Å². The van der Waals surface area contributed by atoms with Crippen molar-refractivity contribution in [3.63, 3.8) is 0 Å². The number of hydrogen-bond donors (Lipinski definition) is 1. The Hall–Kier alpha value is -2.03. The van der Waals surface area contributed by atoms with E-state index >= 15 is 0 Å². The van der Waals surface area contributed by atoms with Crippen molar-refractivity contribution >= 4 is 11.4 Å². The van der Waals surface area contributed by atoms with E-state index in [0.29, 0.717) is 0 Å².